The summed E-state index contributed by atoms with van der Waals surface area (Å²) in [4.78, 5) is 2.43. The molecule has 0 saturated carbocycles. The van der Waals surface area contributed by atoms with Crippen LogP contribution in [0, 0.1) is 5.82 Å². The average molecular weight is 313 g/mol. The quantitative estimate of drug-likeness (QED) is 0.758. The van der Waals surface area contributed by atoms with E-state index in [-0.39, 0.29) is 5.75 Å². The third kappa shape index (κ3) is 4.97. The van der Waals surface area contributed by atoms with Crippen molar-refractivity contribution < 1.29 is 9.13 Å². The van der Waals surface area contributed by atoms with Gasteiger partial charge in [-0.3, -0.25) is 4.90 Å². The molecule has 1 aromatic rings. The molecule has 0 aromatic heterocycles. The molecule has 1 aliphatic heterocycles. The normalized spacial score (nSPS) is 15.9. The van der Waals surface area contributed by atoms with E-state index in [2.05, 4.69) is 10.2 Å². The fourth-order valence-corrected chi connectivity index (χ4v) is 3.20. The van der Waals surface area contributed by atoms with Crippen molar-refractivity contribution in [1.82, 2.24) is 4.90 Å². The number of nitrogen functional groups attached to an aromatic ring is 1. The van der Waals surface area contributed by atoms with Gasteiger partial charge < -0.3 is 15.8 Å². The maximum atomic E-state index is 13.7. The van der Waals surface area contributed by atoms with Crippen molar-refractivity contribution in [2.24, 2.45) is 0 Å². The number of rotatable bonds is 7. The van der Waals surface area contributed by atoms with Gasteiger partial charge in [-0.05, 0) is 6.42 Å². The number of hydrogen-bond donors (Lipinski definition) is 2. The van der Waals surface area contributed by atoms with Gasteiger partial charge in [-0.2, -0.15) is 11.8 Å². The van der Waals surface area contributed by atoms with Crippen LogP contribution in [0.2, 0.25) is 0 Å². The first-order chi connectivity index (χ1) is 10.2. The van der Waals surface area contributed by atoms with Crippen LogP contribution in [0.25, 0.3) is 0 Å². The Morgan fingerprint density at radius 2 is 2.14 bits per heavy atom. The van der Waals surface area contributed by atoms with Gasteiger partial charge in [-0.25, -0.2) is 4.39 Å². The Kier molecular flexibility index (Phi) is 6.45. The highest BCUT2D eigenvalue weighted by Crippen LogP contribution is 2.28. The van der Waals surface area contributed by atoms with Gasteiger partial charge in [0.2, 0.25) is 0 Å². The van der Waals surface area contributed by atoms with Crippen molar-refractivity contribution in [1.29, 1.82) is 0 Å². The number of nitrogens with two attached hydrogens (primary N) is 1. The van der Waals surface area contributed by atoms with Crippen LogP contribution in [0.5, 0.6) is 5.75 Å². The number of halogens is 1. The molecule has 0 spiro atoms. The van der Waals surface area contributed by atoms with Crippen molar-refractivity contribution >= 4 is 23.1 Å². The fraction of sp³-hybridized carbons (Fsp3) is 0.600. The van der Waals surface area contributed by atoms with E-state index in [1.807, 2.05) is 18.7 Å². The van der Waals surface area contributed by atoms with E-state index >= 15 is 0 Å². The molecule has 1 saturated heterocycles. The Labute approximate surface area is 130 Å². The summed E-state index contributed by atoms with van der Waals surface area (Å²) in [5.41, 5.74) is 7.03. The van der Waals surface area contributed by atoms with Crippen molar-refractivity contribution in [3.63, 3.8) is 0 Å². The molecule has 0 radical (unpaired) electrons. The van der Waals surface area contributed by atoms with E-state index < -0.39 is 5.82 Å². The summed E-state index contributed by atoms with van der Waals surface area (Å²) in [7, 11) is 0. The van der Waals surface area contributed by atoms with Crippen LogP contribution in [-0.4, -0.2) is 49.2 Å². The number of thioether (sulfide) groups is 1. The van der Waals surface area contributed by atoms with Crippen LogP contribution >= 0.6 is 11.8 Å². The zero-order valence-electron chi connectivity index (χ0n) is 12.5. The summed E-state index contributed by atoms with van der Waals surface area (Å²) in [5, 5.41) is 3.28. The zero-order valence-corrected chi connectivity index (χ0v) is 13.3. The fourth-order valence-electron chi connectivity index (χ4n) is 2.22. The molecule has 0 aliphatic carbocycles. The molecular formula is C15H24FN3OS. The predicted octanol–water partition coefficient (Wildman–Crippen LogP) is 2.66. The van der Waals surface area contributed by atoms with Crippen LogP contribution in [0.15, 0.2) is 12.1 Å². The second-order valence-electron chi connectivity index (χ2n) is 5.10. The molecule has 1 aromatic carbocycles. The topological polar surface area (TPSA) is 50.5 Å². The van der Waals surface area contributed by atoms with Crippen LogP contribution < -0.4 is 15.8 Å². The van der Waals surface area contributed by atoms with E-state index in [0.29, 0.717) is 12.3 Å². The van der Waals surface area contributed by atoms with Gasteiger partial charge in [0.1, 0.15) is 0 Å². The summed E-state index contributed by atoms with van der Waals surface area (Å²) in [5.74, 6) is 2.27. The summed E-state index contributed by atoms with van der Waals surface area (Å²) in [6.07, 6.45) is 0.847. The lowest BCUT2D eigenvalue weighted by Gasteiger charge is -2.26. The van der Waals surface area contributed by atoms with E-state index in [1.165, 1.54) is 17.6 Å². The molecular weight excluding hydrogens is 289 g/mol. The number of ether oxygens (including phenoxy) is 1. The molecule has 4 nitrogen and oxygen atoms in total. The zero-order chi connectivity index (χ0) is 15.1. The molecule has 1 fully saturated rings. The Balaban J connectivity index is 1.88. The molecule has 0 bridgehead atoms. The lowest BCUT2D eigenvalue weighted by Crippen LogP contribution is -2.36. The summed E-state index contributed by atoms with van der Waals surface area (Å²) >= 11 is 2.00. The van der Waals surface area contributed by atoms with E-state index in [9.17, 15) is 4.39 Å². The maximum Gasteiger partial charge on any atom is 0.167 e. The minimum absolute atomic E-state index is 0.267. The molecule has 0 amide bonds. The van der Waals surface area contributed by atoms with Gasteiger partial charge in [-0.15, -0.1) is 0 Å². The van der Waals surface area contributed by atoms with Gasteiger partial charge in [0.25, 0.3) is 0 Å². The Morgan fingerprint density at radius 1 is 1.38 bits per heavy atom. The van der Waals surface area contributed by atoms with Gasteiger partial charge >= 0.3 is 0 Å². The largest absolute Gasteiger partial charge is 0.490 e. The first kappa shape index (κ1) is 16.2. The molecule has 2 rings (SSSR count). The third-order valence-electron chi connectivity index (χ3n) is 3.41. The number of hydrogen-bond acceptors (Lipinski definition) is 5. The molecule has 3 N–H and O–H groups in total. The third-order valence-corrected chi connectivity index (χ3v) is 4.36. The highest BCUT2D eigenvalue weighted by molar-refractivity contribution is 7.99. The summed E-state index contributed by atoms with van der Waals surface area (Å²) < 4.78 is 19.1. The van der Waals surface area contributed by atoms with Gasteiger partial charge in [-0.1, -0.05) is 6.92 Å². The minimum Gasteiger partial charge on any atom is -0.490 e. The molecule has 6 heteroatoms. The summed E-state index contributed by atoms with van der Waals surface area (Å²) in [6, 6.07) is 2.98. The lowest BCUT2D eigenvalue weighted by atomic mass is 10.2. The summed E-state index contributed by atoms with van der Waals surface area (Å²) in [6.45, 7) is 6.54. The van der Waals surface area contributed by atoms with Gasteiger partial charge in [0.05, 0.1) is 18.0 Å². The van der Waals surface area contributed by atoms with Crippen molar-refractivity contribution in [3.8, 4) is 5.75 Å². The standard InChI is InChI=1S/C15H24FN3OS/c1-2-7-20-15-11-14(13(17)10-12(15)16)18-3-4-19-5-8-21-9-6-19/h10-11,18H,2-9,17H2,1H3. The monoisotopic (exact) mass is 313 g/mol. The van der Waals surface area contributed by atoms with E-state index in [1.54, 1.807) is 6.07 Å². The molecule has 118 valence electrons. The SMILES string of the molecule is CCCOc1cc(NCCN2CCSCC2)c(N)cc1F. The molecule has 0 unspecified atom stereocenters. The smallest absolute Gasteiger partial charge is 0.167 e. The average Bonchev–Trinajstić information content (AvgIpc) is 2.49. The molecule has 1 aliphatic rings. The van der Waals surface area contributed by atoms with Crippen molar-refractivity contribution in [3.05, 3.63) is 17.9 Å². The number of nitrogens with one attached hydrogen (secondary N) is 1. The van der Waals surface area contributed by atoms with Crippen molar-refractivity contribution in [2.45, 2.75) is 13.3 Å². The number of anilines is 2. The van der Waals surface area contributed by atoms with Crippen LogP contribution in [0.3, 0.4) is 0 Å². The molecule has 21 heavy (non-hydrogen) atoms. The molecule has 1 heterocycles. The Hall–Kier alpha value is -1.14. The van der Waals surface area contributed by atoms with Gasteiger partial charge in [0, 0.05) is 49.8 Å². The predicted molar refractivity (Wildman–Crippen MR) is 88.9 cm³/mol. The minimum atomic E-state index is -0.403. The number of nitrogens with zero attached hydrogens (tertiary/aromatic N) is 1. The van der Waals surface area contributed by atoms with Crippen LogP contribution in [0.1, 0.15) is 13.3 Å². The van der Waals surface area contributed by atoms with E-state index in [4.69, 9.17) is 10.5 Å². The maximum absolute atomic E-state index is 13.7. The van der Waals surface area contributed by atoms with Crippen LogP contribution in [-0.2, 0) is 0 Å². The second-order valence-corrected chi connectivity index (χ2v) is 6.32. The lowest BCUT2D eigenvalue weighted by molar-refractivity contribution is 0.301. The Bertz CT molecular complexity index is 453. The highest BCUT2D eigenvalue weighted by atomic mass is 32.2. The number of benzene rings is 1. The van der Waals surface area contributed by atoms with Crippen molar-refractivity contribution in [2.75, 3.05) is 55.3 Å². The first-order valence-corrected chi connectivity index (χ1v) is 8.62. The highest BCUT2D eigenvalue weighted by Gasteiger charge is 2.11. The Morgan fingerprint density at radius 3 is 2.86 bits per heavy atom. The first-order valence-electron chi connectivity index (χ1n) is 7.46. The van der Waals surface area contributed by atoms with Crippen LogP contribution in [0.4, 0.5) is 15.8 Å². The molecule has 0 atom stereocenters. The van der Waals surface area contributed by atoms with Gasteiger partial charge in [0.15, 0.2) is 11.6 Å². The second kappa shape index (κ2) is 8.34. The van der Waals surface area contributed by atoms with E-state index in [0.717, 1.165) is 38.3 Å².